The summed E-state index contributed by atoms with van der Waals surface area (Å²) in [6.45, 7) is 7.11. The molecule has 6 nitrogen and oxygen atoms in total. The molecule has 0 N–H and O–H groups in total. The minimum atomic E-state index is 0.0187. The molecular weight excluding hydrogens is 328 g/mol. The zero-order chi connectivity index (χ0) is 18.3. The van der Waals surface area contributed by atoms with Gasteiger partial charge in [0.25, 0.3) is 11.6 Å². The van der Waals surface area contributed by atoms with E-state index in [0.29, 0.717) is 22.4 Å². The minimum Gasteiger partial charge on any atom is -0.336 e. The van der Waals surface area contributed by atoms with E-state index in [2.05, 4.69) is 22.1 Å². The number of piperazine rings is 1. The summed E-state index contributed by atoms with van der Waals surface area (Å²) in [7, 11) is 2.08. The van der Waals surface area contributed by atoms with Crippen LogP contribution in [0.1, 0.15) is 21.6 Å². The largest absolute Gasteiger partial charge is 0.336 e. The van der Waals surface area contributed by atoms with Crippen molar-refractivity contribution in [1.82, 2.24) is 19.9 Å². The smallest absolute Gasteiger partial charge is 0.259 e. The van der Waals surface area contributed by atoms with Gasteiger partial charge in [-0.05, 0) is 27.0 Å². The molecule has 0 atom stereocenters. The third-order valence-electron chi connectivity index (χ3n) is 4.99. The minimum absolute atomic E-state index is 0.0187. The first-order chi connectivity index (χ1) is 12.5. The van der Waals surface area contributed by atoms with Crippen LogP contribution in [0.5, 0.6) is 0 Å². The van der Waals surface area contributed by atoms with Gasteiger partial charge in [-0.2, -0.15) is 0 Å². The number of carbonyl (C=O) groups excluding carboxylic acids is 1. The van der Waals surface area contributed by atoms with Gasteiger partial charge in [-0.1, -0.05) is 35.0 Å². The molecule has 0 unspecified atom stereocenters. The molecule has 2 aromatic heterocycles. The topological polar surface area (TPSA) is 62.5 Å². The van der Waals surface area contributed by atoms with E-state index in [9.17, 15) is 4.79 Å². The van der Waals surface area contributed by atoms with Crippen LogP contribution in [0, 0.1) is 13.8 Å². The number of carbonyl (C=O) groups is 1. The van der Waals surface area contributed by atoms with E-state index < -0.39 is 0 Å². The Balaban J connectivity index is 1.80. The summed E-state index contributed by atoms with van der Waals surface area (Å²) in [5.41, 5.74) is 4.59. The average molecular weight is 350 g/mol. The number of fused-ring (bicyclic) bond motifs is 1. The molecule has 0 bridgehead atoms. The monoisotopic (exact) mass is 350 g/mol. The molecule has 1 aliphatic rings. The van der Waals surface area contributed by atoms with E-state index in [0.717, 1.165) is 37.4 Å². The molecule has 3 heterocycles. The molecule has 134 valence electrons. The number of hydrogen-bond acceptors (Lipinski definition) is 5. The van der Waals surface area contributed by atoms with Gasteiger partial charge < -0.3 is 14.3 Å². The van der Waals surface area contributed by atoms with Crippen LogP contribution in [0.3, 0.4) is 0 Å². The second kappa shape index (κ2) is 6.53. The van der Waals surface area contributed by atoms with Crippen LogP contribution in [-0.4, -0.2) is 59.1 Å². The summed E-state index contributed by atoms with van der Waals surface area (Å²) in [6, 6.07) is 9.97. The predicted molar refractivity (Wildman–Crippen MR) is 100 cm³/mol. The molecule has 6 heteroatoms. The first-order valence-corrected chi connectivity index (χ1v) is 8.85. The van der Waals surface area contributed by atoms with Gasteiger partial charge in [0.1, 0.15) is 0 Å². The molecule has 3 aromatic rings. The highest BCUT2D eigenvalue weighted by atomic mass is 16.5. The Hall–Kier alpha value is -2.73. The first-order valence-electron chi connectivity index (χ1n) is 8.85. The fourth-order valence-electron chi connectivity index (χ4n) is 3.32. The summed E-state index contributed by atoms with van der Waals surface area (Å²) in [5.74, 6) is 0.0187. The Morgan fingerprint density at radius 1 is 1.08 bits per heavy atom. The Labute approximate surface area is 152 Å². The standard InChI is InChI=1S/C20H22N4O2/c1-13-4-6-15(7-5-13)17-12-16(18-14(2)22-26-19(18)21-17)20(25)24-10-8-23(3)9-11-24/h4-7,12H,8-11H2,1-3H3. The SMILES string of the molecule is Cc1ccc(-c2cc(C(=O)N3CCN(C)CC3)c3c(C)noc3n2)cc1. The Morgan fingerprint density at radius 2 is 1.77 bits per heavy atom. The van der Waals surface area contributed by atoms with Crippen LogP contribution in [0.15, 0.2) is 34.9 Å². The second-order valence-corrected chi connectivity index (χ2v) is 6.96. The molecule has 1 aliphatic heterocycles. The van der Waals surface area contributed by atoms with Gasteiger partial charge in [-0.3, -0.25) is 4.79 Å². The summed E-state index contributed by atoms with van der Waals surface area (Å²) in [5, 5.41) is 4.74. The maximum Gasteiger partial charge on any atom is 0.259 e. The Morgan fingerprint density at radius 3 is 2.46 bits per heavy atom. The van der Waals surface area contributed by atoms with E-state index in [4.69, 9.17) is 4.52 Å². The lowest BCUT2D eigenvalue weighted by Crippen LogP contribution is -2.47. The van der Waals surface area contributed by atoms with Crippen LogP contribution in [0.2, 0.25) is 0 Å². The van der Waals surface area contributed by atoms with Crippen molar-refractivity contribution in [1.29, 1.82) is 0 Å². The molecule has 1 saturated heterocycles. The summed E-state index contributed by atoms with van der Waals surface area (Å²) >= 11 is 0. The maximum atomic E-state index is 13.2. The number of likely N-dealkylation sites (N-methyl/N-ethyl adjacent to an activating group) is 1. The van der Waals surface area contributed by atoms with Gasteiger partial charge in [0.05, 0.1) is 22.3 Å². The highest BCUT2D eigenvalue weighted by Crippen LogP contribution is 2.28. The van der Waals surface area contributed by atoms with Crippen molar-refractivity contribution in [2.24, 2.45) is 0 Å². The molecule has 26 heavy (non-hydrogen) atoms. The first kappa shape index (κ1) is 16.7. The zero-order valence-electron chi connectivity index (χ0n) is 15.3. The Kier molecular flexibility index (Phi) is 4.20. The van der Waals surface area contributed by atoms with Crippen LogP contribution >= 0.6 is 0 Å². The quantitative estimate of drug-likeness (QED) is 0.711. The normalized spacial score (nSPS) is 15.6. The van der Waals surface area contributed by atoms with Gasteiger partial charge in [-0.25, -0.2) is 4.98 Å². The third-order valence-corrected chi connectivity index (χ3v) is 4.99. The lowest BCUT2D eigenvalue weighted by atomic mass is 10.0. The fraction of sp³-hybridized carbons (Fsp3) is 0.350. The number of benzene rings is 1. The average Bonchev–Trinajstić information content (AvgIpc) is 3.03. The molecule has 0 spiro atoms. The number of pyridine rings is 1. The number of amides is 1. The van der Waals surface area contributed by atoms with Gasteiger partial charge in [-0.15, -0.1) is 0 Å². The van der Waals surface area contributed by atoms with Crippen molar-refractivity contribution in [2.45, 2.75) is 13.8 Å². The van der Waals surface area contributed by atoms with Crippen molar-refractivity contribution < 1.29 is 9.32 Å². The zero-order valence-corrected chi connectivity index (χ0v) is 15.3. The molecule has 0 saturated carbocycles. The van der Waals surface area contributed by atoms with Crippen LogP contribution in [0.4, 0.5) is 0 Å². The van der Waals surface area contributed by atoms with Crippen molar-refractivity contribution in [2.75, 3.05) is 33.2 Å². The number of hydrogen-bond donors (Lipinski definition) is 0. The van der Waals surface area contributed by atoms with Crippen LogP contribution < -0.4 is 0 Å². The number of aromatic nitrogens is 2. The van der Waals surface area contributed by atoms with Gasteiger partial charge >= 0.3 is 0 Å². The van der Waals surface area contributed by atoms with E-state index in [-0.39, 0.29) is 5.91 Å². The van der Waals surface area contributed by atoms with Crippen molar-refractivity contribution in [3.05, 3.63) is 47.2 Å². The summed E-state index contributed by atoms with van der Waals surface area (Å²) in [4.78, 5) is 21.9. The second-order valence-electron chi connectivity index (χ2n) is 6.96. The summed E-state index contributed by atoms with van der Waals surface area (Å²) < 4.78 is 5.39. The van der Waals surface area contributed by atoms with Crippen molar-refractivity contribution in [3.8, 4) is 11.3 Å². The molecule has 1 fully saturated rings. The Bertz CT molecular complexity index is 954. The predicted octanol–water partition coefficient (Wildman–Crippen LogP) is 2.89. The van der Waals surface area contributed by atoms with Gasteiger partial charge in [0.15, 0.2) is 0 Å². The molecule has 0 aliphatic carbocycles. The summed E-state index contributed by atoms with van der Waals surface area (Å²) in [6.07, 6.45) is 0. The molecule has 1 amide bonds. The van der Waals surface area contributed by atoms with Crippen LogP contribution in [0.25, 0.3) is 22.4 Å². The number of nitrogens with zero attached hydrogens (tertiary/aromatic N) is 4. The number of aryl methyl sites for hydroxylation is 2. The molecule has 0 radical (unpaired) electrons. The van der Waals surface area contributed by atoms with E-state index in [1.807, 2.05) is 49.1 Å². The maximum absolute atomic E-state index is 13.2. The van der Waals surface area contributed by atoms with Gasteiger partial charge in [0.2, 0.25) is 0 Å². The van der Waals surface area contributed by atoms with Crippen LogP contribution in [-0.2, 0) is 0 Å². The van der Waals surface area contributed by atoms with E-state index >= 15 is 0 Å². The highest BCUT2D eigenvalue weighted by molar-refractivity contribution is 6.07. The number of rotatable bonds is 2. The molecular formula is C20H22N4O2. The van der Waals surface area contributed by atoms with E-state index in [1.54, 1.807) is 0 Å². The van der Waals surface area contributed by atoms with Gasteiger partial charge in [0, 0.05) is 31.7 Å². The lowest BCUT2D eigenvalue weighted by Gasteiger charge is -2.32. The van der Waals surface area contributed by atoms with E-state index in [1.165, 1.54) is 5.56 Å². The molecule has 1 aromatic carbocycles. The van der Waals surface area contributed by atoms with Crippen molar-refractivity contribution in [3.63, 3.8) is 0 Å². The third kappa shape index (κ3) is 2.97. The lowest BCUT2D eigenvalue weighted by molar-refractivity contribution is 0.0666. The highest BCUT2D eigenvalue weighted by Gasteiger charge is 2.25. The fourth-order valence-corrected chi connectivity index (χ4v) is 3.32. The molecule has 4 rings (SSSR count). The van der Waals surface area contributed by atoms with Crippen molar-refractivity contribution >= 4 is 17.0 Å².